The predicted octanol–water partition coefficient (Wildman–Crippen LogP) is 5.05. The van der Waals surface area contributed by atoms with Gasteiger partial charge in [0.2, 0.25) is 0 Å². The summed E-state index contributed by atoms with van der Waals surface area (Å²) in [6.07, 6.45) is 0. The molecule has 1 heterocycles. The Morgan fingerprint density at radius 1 is 1.10 bits per heavy atom. The Kier molecular flexibility index (Phi) is 3.59. The molecule has 3 heteroatoms. The number of carbonyl (C=O) groups excluding carboxylic acids is 1. The zero-order valence-corrected chi connectivity index (χ0v) is 12.4. The normalized spacial score (nSPS) is 10.5. The zero-order chi connectivity index (χ0) is 14.8. The number of ether oxygens (including phenoxy) is 1. The minimum absolute atomic E-state index is 0.392. The summed E-state index contributed by atoms with van der Waals surface area (Å²) in [7, 11) is 0. The molecule has 0 saturated heterocycles. The molecule has 3 aromatic rings. The average molecular weight is 294 g/mol. The lowest BCUT2D eigenvalue weighted by atomic mass is 10.0. The minimum Gasteiger partial charge on any atom is -0.423 e. The van der Waals surface area contributed by atoms with Gasteiger partial charge in [0.05, 0.1) is 0 Å². The van der Waals surface area contributed by atoms with E-state index in [1.54, 1.807) is 18.3 Å². The van der Waals surface area contributed by atoms with E-state index in [0.29, 0.717) is 11.3 Å². The number of benzene rings is 2. The third kappa shape index (κ3) is 2.73. The van der Waals surface area contributed by atoms with Crippen molar-refractivity contribution in [2.75, 3.05) is 0 Å². The summed E-state index contributed by atoms with van der Waals surface area (Å²) in [6, 6.07) is 15.9. The van der Waals surface area contributed by atoms with Gasteiger partial charge in [-0.3, -0.25) is 0 Å². The first kappa shape index (κ1) is 13.6. The van der Waals surface area contributed by atoms with Crippen LogP contribution in [0.2, 0.25) is 0 Å². The topological polar surface area (TPSA) is 26.3 Å². The van der Waals surface area contributed by atoms with Crippen LogP contribution in [0.25, 0.3) is 21.2 Å². The summed E-state index contributed by atoms with van der Waals surface area (Å²) in [5.74, 6) is 0.134. The number of rotatable bonds is 3. The number of thiophene rings is 1. The van der Waals surface area contributed by atoms with Crippen molar-refractivity contribution in [3.05, 3.63) is 66.1 Å². The van der Waals surface area contributed by atoms with E-state index in [0.717, 1.165) is 5.56 Å². The largest absolute Gasteiger partial charge is 0.423 e. The van der Waals surface area contributed by atoms with Gasteiger partial charge >= 0.3 is 5.97 Å². The molecule has 0 aliphatic rings. The van der Waals surface area contributed by atoms with Gasteiger partial charge in [-0.25, -0.2) is 4.79 Å². The first-order valence-corrected chi connectivity index (χ1v) is 7.47. The van der Waals surface area contributed by atoms with Crippen molar-refractivity contribution >= 4 is 27.4 Å². The van der Waals surface area contributed by atoms with Crippen LogP contribution in [0, 0.1) is 0 Å². The van der Waals surface area contributed by atoms with Crippen LogP contribution in [0.3, 0.4) is 0 Å². The highest BCUT2D eigenvalue weighted by atomic mass is 32.1. The fraction of sp³-hybridized carbons (Fsp3) is 0.0556. The number of esters is 1. The standard InChI is InChI=1S/C18H14O2S/c1-12(2)18(19)20-14-9-7-13(8-10-14)16-11-21-17-6-4-3-5-15(16)17/h3-11H,1H2,2H3. The molecule has 0 bridgehead atoms. The summed E-state index contributed by atoms with van der Waals surface area (Å²) >= 11 is 1.73. The second-order valence-electron chi connectivity index (χ2n) is 4.84. The molecule has 3 rings (SSSR count). The average Bonchev–Trinajstić information content (AvgIpc) is 2.92. The van der Waals surface area contributed by atoms with Crippen LogP contribution in [0.5, 0.6) is 5.75 Å². The molecular weight excluding hydrogens is 280 g/mol. The van der Waals surface area contributed by atoms with E-state index in [1.807, 2.05) is 36.4 Å². The van der Waals surface area contributed by atoms with Gasteiger partial charge in [-0.15, -0.1) is 11.3 Å². The van der Waals surface area contributed by atoms with E-state index in [1.165, 1.54) is 15.6 Å². The van der Waals surface area contributed by atoms with Crippen molar-refractivity contribution in [3.63, 3.8) is 0 Å². The van der Waals surface area contributed by atoms with Crippen molar-refractivity contribution in [2.45, 2.75) is 6.92 Å². The molecule has 0 atom stereocenters. The molecule has 0 aliphatic carbocycles. The molecule has 0 radical (unpaired) electrons. The summed E-state index contributed by atoms with van der Waals surface area (Å²) < 4.78 is 6.47. The van der Waals surface area contributed by atoms with E-state index >= 15 is 0 Å². The van der Waals surface area contributed by atoms with Gasteiger partial charge in [-0.05, 0) is 36.1 Å². The Hall–Kier alpha value is -2.39. The molecular formula is C18H14O2S. The van der Waals surface area contributed by atoms with Crippen molar-refractivity contribution in [1.82, 2.24) is 0 Å². The van der Waals surface area contributed by atoms with Crippen LogP contribution < -0.4 is 4.74 Å². The maximum Gasteiger partial charge on any atom is 0.338 e. The van der Waals surface area contributed by atoms with Crippen LogP contribution in [-0.2, 0) is 4.79 Å². The highest BCUT2D eigenvalue weighted by molar-refractivity contribution is 7.17. The number of hydrogen-bond acceptors (Lipinski definition) is 3. The summed E-state index contributed by atoms with van der Waals surface area (Å²) in [5, 5.41) is 3.40. The first-order chi connectivity index (χ1) is 10.1. The Morgan fingerprint density at radius 3 is 2.52 bits per heavy atom. The van der Waals surface area contributed by atoms with E-state index in [-0.39, 0.29) is 0 Å². The number of fused-ring (bicyclic) bond motifs is 1. The third-order valence-electron chi connectivity index (χ3n) is 3.21. The van der Waals surface area contributed by atoms with Gasteiger partial charge in [0, 0.05) is 21.2 Å². The number of hydrogen-bond donors (Lipinski definition) is 0. The van der Waals surface area contributed by atoms with E-state index in [4.69, 9.17) is 4.74 Å². The van der Waals surface area contributed by atoms with Gasteiger partial charge < -0.3 is 4.74 Å². The van der Waals surface area contributed by atoms with E-state index in [2.05, 4.69) is 24.1 Å². The monoisotopic (exact) mass is 294 g/mol. The van der Waals surface area contributed by atoms with Crippen molar-refractivity contribution in [2.24, 2.45) is 0 Å². The lowest BCUT2D eigenvalue weighted by Gasteiger charge is -2.05. The second kappa shape index (κ2) is 5.54. The molecule has 0 amide bonds. The van der Waals surface area contributed by atoms with Crippen molar-refractivity contribution in [3.8, 4) is 16.9 Å². The highest BCUT2D eigenvalue weighted by Gasteiger charge is 2.08. The molecule has 0 aliphatic heterocycles. The fourth-order valence-electron chi connectivity index (χ4n) is 2.10. The maximum atomic E-state index is 11.5. The minimum atomic E-state index is -0.399. The van der Waals surface area contributed by atoms with Gasteiger partial charge in [0.25, 0.3) is 0 Å². The van der Waals surface area contributed by atoms with E-state index in [9.17, 15) is 4.79 Å². The highest BCUT2D eigenvalue weighted by Crippen LogP contribution is 2.34. The van der Waals surface area contributed by atoms with Gasteiger partial charge in [0.15, 0.2) is 0 Å². The van der Waals surface area contributed by atoms with E-state index < -0.39 is 5.97 Å². The Labute approximate surface area is 127 Å². The smallest absolute Gasteiger partial charge is 0.338 e. The summed E-state index contributed by atoms with van der Waals surface area (Å²) in [4.78, 5) is 11.5. The van der Waals surface area contributed by atoms with Crippen LogP contribution in [0.15, 0.2) is 66.1 Å². The van der Waals surface area contributed by atoms with Crippen LogP contribution >= 0.6 is 11.3 Å². The second-order valence-corrected chi connectivity index (χ2v) is 5.75. The maximum absolute atomic E-state index is 11.5. The lowest BCUT2D eigenvalue weighted by molar-refractivity contribution is -0.130. The first-order valence-electron chi connectivity index (χ1n) is 6.59. The summed E-state index contributed by atoms with van der Waals surface area (Å²) in [5.41, 5.74) is 2.71. The quantitative estimate of drug-likeness (QED) is 0.384. The van der Waals surface area contributed by atoms with Gasteiger partial charge in [-0.2, -0.15) is 0 Å². The molecule has 21 heavy (non-hydrogen) atoms. The zero-order valence-electron chi connectivity index (χ0n) is 11.6. The summed E-state index contributed by atoms with van der Waals surface area (Å²) in [6.45, 7) is 5.20. The van der Waals surface area contributed by atoms with Crippen LogP contribution in [-0.4, -0.2) is 5.97 Å². The molecule has 0 fully saturated rings. The molecule has 0 saturated carbocycles. The Bertz CT molecular complexity index is 813. The third-order valence-corrected chi connectivity index (χ3v) is 4.17. The predicted molar refractivity (Wildman–Crippen MR) is 87.7 cm³/mol. The molecule has 1 aromatic heterocycles. The fourth-order valence-corrected chi connectivity index (χ4v) is 3.07. The van der Waals surface area contributed by atoms with Crippen molar-refractivity contribution in [1.29, 1.82) is 0 Å². The molecule has 0 N–H and O–H groups in total. The van der Waals surface area contributed by atoms with Crippen LogP contribution in [0.1, 0.15) is 6.92 Å². The molecule has 0 unspecified atom stereocenters. The molecule has 104 valence electrons. The molecule has 0 spiro atoms. The molecule has 2 nitrogen and oxygen atoms in total. The Morgan fingerprint density at radius 2 is 1.81 bits per heavy atom. The van der Waals surface area contributed by atoms with Gasteiger partial charge in [0.1, 0.15) is 5.75 Å². The molecule has 2 aromatic carbocycles. The van der Waals surface area contributed by atoms with Gasteiger partial charge in [-0.1, -0.05) is 36.9 Å². The Balaban J connectivity index is 1.90. The number of carbonyl (C=O) groups is 1. The lowest BCUT2D eigenvalue weighted by Crippen LogP contribution is -2.07. The van der Waals surface area contributed by atoms with Crippen LogP contribution in [0.4, 0.5) is 0 Å². The SMILES string of the molecule is C=C(C)C(=O)Oc1ccc(-c2csc3ccccc23)cc1. The van der Waals surface area contributed by atoms with Crippen molar-refractivity contribution < 1.29 is 9.53 Å².